The quantitative estimate of drug-likeness (QED) is 0.530. The first kappa shape index (κ1) is 15.3. The summed E-state index contributed by atoms with van der Waals surface area (Å²) in [7, 11) is 1.57. The van der Waals surface area contributed by atoms with Crippen molar-refractivity contribution in [1.29, 1.82) is 0 Å². The maximum Gasteiger partial charge on any atom is 0.142 e. The van der Waals surface area contributed by atoms with Gasteiger partial charge in [-0.1, -0.05) is 45.7 Å². The molecule has 0 heterocycles. The summed E-state index contributed by atoms with van der Waals surface area (Å²) in [5, 5.41) is -0.219. The molecule has 0 aliphatic carbocycles. The lowest BCUT2D eigenvalue weighted by atomic mass is 10.0. The van der Waals surface area contributed by atoms with Gasteiger partial charge in [0, 0.05) is 10.4 Å². The first-order valence-corrected chi connectivity index (χ1v) is 7.22. The van der Waals surface area contributed by atoms with Crippen LogP contribution in [0.25, 0.3) is 0 Å². The van der Waals surface area contributed by atoms with E-state index < -0.39 is 11.6 Å². The van der Waals surface area contributed by atoms with E-state index in [-0.39, 0.29) is 15.4 Å². The molecule has 1 nitrogen and oxygen atoms in total. The van der Waals surface area contributed by atoms with E-state index in [4.69, 9.17) is 16.3 Å². The molecule has 0 aliphatic rings. The molecule has 0 aliphatic heterocycles. The van der Waals surface area contributed by atoms with E-state index in [2.05, 4.69) is 15.9 Å². The van der Waals surface area contributed by atoms with Crippen molar-refractivity contribution in [2.75, 3.05) is 7.11 Å². The Morgan fingerprint density at radius 1 is 1.20 bits per heavy atom. The minimum atomic E-state index is -0.632. The van der Waals surface area contributed by atoms with Gasteiger partial charge in [-0.05, 0) is 30.2 Å². The first-order valence-electron chi connectivity index (χ1n) is 5.93. The standard InChI is InChI=1S/C15H12BrClF2O/c1-20-15-5-3-2-4-9(15)6-11(16)10-7-14(19)12(17)8-13(10)18/h2-5,7-8,11H,6H2,1H3. The Bertz CT molecular complexity index is 619. The number of hydrogen-bond acceptors (Lipinski definition) is 1. The van der Waals surface area contributed by atoms with Crippen molar-refractivity contribution in [2.24, 2.45) is 0 Å². The molecule has 2 rings (SSSR count). The number of hydrogen-bond donors (Lipinski definition) is 0. The van der Waals surface area contributed by atoms with Crippen LogP contribution in [0.4, 0.5) is 8.78 Å². The fourth-order valence-electron chi connectivity index (χ4n) is 1.95. The Hall–Kier alpha value is -1.13. The second-order valence-electron chi connectivity index (χ2n) is 4.27. The van der Waals surface area contributed by atoms with E-state index in [1.165, 1.54) is 0 Å². The van der Waals surface area contributed by atoms with Crippen LogP contribution in [0.1, 0.15) is 16.0 Å². The van der Waals surface area contributed by atoms with Crippen molar-refractivity contribution in [2.45, 2.75) is 11.2 Å². The zero-order chi connectivity index (χ0) is 14.7. The molecule has 2 aromatic rings. The predicted octanol–water partition coefficient (Wildman–Crippen LogP) is 5.31. The number of alkyl halides is 1. The normalized spacial score (nSPS) is 12.2. The van der Waals surface area contributed by atoms with Crippen LogP contribution in [0.15, 0.2) is 36.4 Å². The molecule has 0 amide bonds. The third kappa shape index (κ3) is 3.30. The minimum Gasteiger partial charge on any atom is -0.496 e. The van der Waals surface area contributed by atoms with Gasteiger partial charge in [-0.15, -0.1) is 0 Å². The number of benzene rings is 2. The Labute approximate surface area is 129 Å². The number of rotatable bonds is 4. The molecule has 0 spiro atoms. The Morgan fingerprint density at radius 2 is 1.90 bits per heavy atom. The van der Waals surface area contributed by atoms with Crippen LogP contribution >= 0.6 is 27.5 Å². The summed E-state index contributed by atoms with van der Waals surface area (Å²) in [4.78, 5) is -0.370. The summed E-state index contributed by atoms with van der Waals surface area (Å²) in [5.74, 6) is -0.451. The van der Waals surface area contributed by atoms with Crippen molar-refractivity contribution in [3.63, 3.8) is 0 Å². The summed E-state index contributed by atoms with van der Waals surface area (Å²) in [5.41, 5.74) is 1.14. The summed E-state index contributed by atoms with van der Waals surface area (Å²) in [6, 6.07) is 9.55. The van der Waals surface area contributed by atoms with E-state index in [0.717, 1.165) is 17.7 Å². The van der Waals surface area contributed by atoms with Gasteiger partial charge in [0.2, 0.25) is 0 Å². The largest absolute Gasteiger partial charge is 0.496 e. The van der Waals surface area contributed by atoms with Crippen LogP contribution in [0.2, 0.25) is 5.02 Å². The van der Waals surface area contributed by atoms with E-state index in [9.17, 15) is 8.78 Å². The molecule has 0 N–H and O–H groups in total. The van der Waals surface area contributed by atoms with E-state index in [1.54, 1.807) is 7.11 Å². The van der Waals surface area contributed by atoms with E-state index in [0.29, 0.717) is 12.2 Å². The second kappa shape index (κ2) is 6.55. The third-order valence-electron chi connectivity index (χ3n) is 2.97. The second-order valence-corrected chi connectivity index (χ2v) is 5.78. The van der Waals surface area contributed by atoms with Gasteiger partial charge < -0.3 is 4.74 Å². The number of ether oxygens (including phenoxy) is 1. The number of methoxy groups -OCH3 is 1. The number of halogens is 4. The monoisotopic (exact) mass is 360 g/mol. The summed E-state index contributed by atoms with van der Waals surface area (Å²) in [6.45, 7) is 0. The topological polar surface area (TPSA) is 9.23 Å². The summed E-state index contributed by atoms with van der Waals surface area (Å²) >= 11 is 8.94. The zero-order valence-corrected chi connectivity index (χ0v) is 13.0. The maximum absolute atomic E-state index is 13.9. The lowest BCUT2D eigenvalue weighted by Crippen LogP contribution is -2.01. The van der Waals surface area contributed by atoms with Crippen LogP contribution in [-0.4, -0.2) is 7.11 Å². The fraction of sp³-hybridized carbons (Fsp3) is 0.200. The highest BCUT2D eigenvalue weighted by atomic mass is 79.9. The molecule has 106 valence electrons. The fourth-order valence-corrected chi connectivity index (χ4v) is 2.80. The molecule has 1 unspecified atom stereocenters. The number of para-hydroxylation sites is 1. The molecule has 1 atom stereocenters. The molecular formula is C15H12BrClF2O. The van der Waals surface area contributed by atoms with Crippen LogP contribution < -0.4 is 4.74 Å². The average molecular weight is 362 g/mol. The third-order valence-corrected chi connectivity index (χ3v) is 4.08. The molecule has 0 radical (unpaired) electrons. The first-order chi connectivity index (χ1) is 9.52. The van der Waals surface area contributed by atoms with Gasteiger partial charge in [-0.2, -0.15) is 0 Å². The van der Waals surface area contributed by atoms with Crippen molar-refractivity contribution >= 4 is 27.5 Å². The van der Waals surface area contributed by atoms with Gasteiger partial charge in [-0.3, -0.25) is 0 Å². The predicted molar refractivity (Wildman–Crippen MR) is 79.7 cm³/mol. The highest BCUT2D eigenvalue weighted by molar-refractivity contribution is 9.09. The highest BCUT2D eigenvalue weighted by Crippen LogP contribution is 2.33. The minimum absolute atomic E-state index is 0.219. The van der Waals surface area contributed by atoms with Crippen LogP contribution in [-0.2, 0) is 6.42 Å². The van der Waals surface area contributed by atoms with Gasteiger partial charge in [-0.25, -0.2) is 8.78 Å². The van der Waals surface area contributed by atoms with Crippen molar-refractivity contribution in [3.8, 4) is 5.75 Å². The van der Waals surface area contributed by atoms with Gasteiger partial charge in [0.1, 0.15) is 17.4 Å². The molecule has 0 aromatic heterocycles. The maximum atomic E-state index is 13.9. The summed E-state index contributed by atoms with van der Waals surface area (Å²) in [6.07, 6.45) is 0.474. The highest BCUT2D eigenvalue weighted by Gasteiger charge is 2.17. The van der Waals surface area contributed by atoms with Crippen molar-refractivity contribution in [3.05, 3.63) is 64.2 Å². The van der Waals surface area contributed by atoms with Gasteiger partial charge in [0.25, 0.3) is 0 Å². The average Bonchev–Trinajstić information content (AvgIpc) is 2.43. The molecule has 0 fully saturated rings. The van der Waals surface area contributed by atoms with E-state index >= 15 is 0 Å². The Kier molecular flexibility index (Phi) is 5.00. The lowest BCUT2D eigenvalue weighted by Gasteiger charge is -2.14. The smallest absolute Gasteiger partial charge is 0.142 e. The molecule has 20 heavy (non-hydrogen) atoms. The zero-order valence-electron chi connectivity index (χ0n) is 10.7. The van der Waals surface area contributed by atoms with Crippen molar-refractivity contribution in [1.82, 2.24) is 0 Å². The Morgan fingerprint density at radius 3 is 2.60 bits per heavy atom. The van der Waals surface area contributed by atoms with Crippen molar-refractivity contribution < 1.29 is 13.5 Å². The van der Waals surface area contributed by atoms with Gasteiger partial charge in [0.15, 0.2) is 0 Å². The molecule has 0 saturated heterocycles. The van der Waals surface area contributed by atoms with Crippen LogP contribution in [0, 0.1) is 11.6 Å². The van der Waals surface area contributed by atoms with Gasteiger partial charge in [0.05, 0.1) is 12.1 Å². The van der Waals surface area contributed by atoms with Crippen LogP contribution in [0.5, 0.6) is 5.75 Å². The molecule has 0 saturated carbocycles. The molecular weight excluding hydrogens is 350 g/mol. The molecule has 5 heteroatoms. The summed E-state index contributed by atoms with van der Waals surface area (Å²) < 4.78 is 32.6. The SMILES string of the molecule is COc1ccccc1CC(Br)c1cc(F)c(Cl)cc1F. The molecule has 2 aromatic carbocycles. The van der Waals surface area contributed by atoms with E-state index in [1.807, 2.05) is 24.3 Å². The molecule has 0 bridgehead atoms. The van der Waals surface area contributed by atoms with Gasteiger partial charge >= 0.3 is 0 Å². The van der Waals surface area contributed by atoms with Crippen LogP contribution in [0.3, 0.4) is 0 Å². The Balaban J connectivity index is 2.28. The lowest BCUT2D eigenvalue weighted by molar-refractivity contribution is 0.409.